The van der Waals surface area contributed by atoms with Crippen LogP contribution in [0, 0.1) is 5.92 Å². The summed E-state index contributed by atoms with van der Waals surface area (Å²) in [5, 5.41) is 3.03. The molecule has 1 N–H and O–H groups in total. The first kappa shape index (κ1) is 16.7. The third-order valence-electron chi connectivity index (χ3n) is 5.94. The van der Waals surface area contributed by atoms with E-state index in [4.69, 9.17) is 9.47 Å². The van der Waals surface area contributed by atoms with E-state index in [2.05, 4.69) is 5.32 Å². The van der Waals surface area contributed by atoms with Gasteiger partial charge in [-0.3, -0.25) is 4.79 Å². The molecule has 1 aliphatic heterocycles. The monoisotopic (exact) mass is 343 g/mol. The summed E-state index contributed by atoms with van der Waals surface area (Å²) in [5.41, 5.74) is 0.809. The van der Waals surface area contributed by atoms with Crippen LogP contribution in [0.15, 0.2) is 18.2 Å². The maximum Gasteiger partial charge on any atom is 0.251 e. The predicted molar refractivity (Wildman–Crippen MR) is 98.0 cm³/mol. The molecule has 0 bridgehead atoms. The van der Waals surface area contributed by atoms with Crippen LogP contribution < -0.4 is 14.8 Å². The molecular formula is C21H29NO3. The van der Waals surface area contributed by atoms with Crippen molar-refractivity contribution in [3.63, 3.8) is 0 Å². The van der Waals surface area contributed by atoms with Crippen molar-refractivity contribution in [2.24, 2.45) is 5.92 Å². The third-order valence-corrected chi connectivity index (χ3v) is 5.94. The van der Waals surface area contributed by atoms with E-state index in [1.54, 1.807) is 0 Å². The zero-order chi connectivity index (χ0) is 17.1. The van der Waals surface area contributed by atoms with E-state index >= 15 is 0 Å². The fourth-order valence-electron chi connectivity index (χ4n) is 4.50. The van der Waals surface area contributed by atoms with Crippen LogP contribution in [0.1, 0.15) is 77.0 Å². The summed E-state index contributed by atoms with van der Waals surface area (Å²) in [7, 11) is 0. The van der Waals surface area contributed by atoms with Crippen LogP contribution in [0.25, 0.3) is 0 Å². The molecule has 0 unspecified atom stereocenters. The number of anilines is 1. The normalized spacial score (nSPS) is 22.1. The zero-order valence-electron chi connectivity index (χ0n) is 15.0. The van der Waals surface area contributed by atoms with Gasteiger partial charge < -0.3 is 14.8 Å². The van der Waals surface area contributed by atoms with Crippen molar-refractivity contribution >= 4 is 11.6 Å². The number of fused-ring (bicyclic) bond motifs is 1. The zero-order valence-corrected chi connectivity index (χ0v) is 15.0. The summed E-state index contributed by atoms with van der Waals surface area (Å²) in [5.74, 6) is 1.97. The number of hydrogen-bond acceptors (Lipinski definition) is 3. The number of rotatable bonds is 4. The van der Waals surface area contributed by atoms with E-state index in [1.807, 2.05) is 18.2 Å². The Hall–Kier alpha value is -1.71. The van der Waals surface area contributed by atoms with Crippen LogP contribution in [0.3, 0.4) is 0 Å². The molecular weight excluding hydrogens is 314 g/mol. The minimum Gasteiger partial charge on any atom is -0.448 e. The van der Waals surface area contributed by atoms with Crippen molar-refractivity contribution in [3.05, 3.63) is 18.2 Å². The Kier molecular flexibility index (Phi) is 4.87. The van der Waals surface area contributed by atoms with E-state index in [-0.39, 0.29) is 5.91 Å². The highest BCUT2D eigenvalue weighted by molar-refractivity contribution is 5.91. The Morgan fingerprint density at radius 1 is 1.00 bits per heavy atom. The van der Waals surface area contributed by atoms with Gasteiger partial charge in [-0.15, -0.1) is 0 Å². The molecule has 0 saturated heterocycles. The molecule has 0 aromatic heterocycles. The van der Waals surface area contributed by atoms with E-state index in [9.17, 15) is 4.79 Å². The second-order valence-electron chi connectivity index (χ2n) is 7.93. The fourth-order valence-corrected chi connectivity index (χ4v) is 4.50. The first-order valence-electron chi connectivity index (χ1n) is 10.0. The highest BCUT2D eigenvalue weighted by Gasteiger charge is 2.42. The van der Waals surface area contributed by atoms with Crippen LogP contribution >= 0.6 is 0 Å². The number of hydrogen-bond donors (Lipinski definition) is 1. The highest BCUT2D eigenvalue weighted by atomic mass is 16.7. The number of carbonyl (C=O) groups excluding carboxylic acids is 1. The minimum absolute atomic E-state index is 0.108. The van der Waals surface area contributed by atoms with Gasteiger partial charge in [-0.1, -0.05) is 38.5 Å². The van der Waals surface area contributed by atoms with Crippen LogP contribution in [0.2, 0.25) is 0 Å². The molecule has 136 valence electrons. The van der Waals surface area contributed by atoms with Crippen molar-refractivity contribution in [2.45, 2.75) is 82.8 Å². The molecule has 0 radical (unpaired) electrons. The van der Waals surface area contributed by atoms with Gasteiger partial charge in [-0.05, 0) is 37.3 Å². The van der Waals surface area contributed by atoms with Gasteiger partial charge in [0, 0.05) is 31.0 Å². The lowest BCUT2D eigenvalue weighted by Gasteiger charge is -2.31. The van der Waals surface area contributed by atoms with Gasteiger partial charge in [-0.25, -0.2) is 0 Å². The molecule has 4 nitrogen and oxygen atoms in total. The van der Waals surface area contributed by atoms with E-state index in [0.717, 1.165) is 55.2 Å². The molecule has 2 saturated carbocycles. The highest BCUT2D eigenvalue weighted by Crippen LogP contribution is 2.46. The Bertz CT molecular complexity index is 616. The molecule has 3 aliphatic rings. The van der Waals surface area contributed by atoms with Crippen molar-refractivity contribution in [3.8, 4) is 11.5 Å². The second-order valence-corrected chi connectivity index (χ2v) is 7.93. The molecule has 1 aromatic carbocycles. The number of nitrogens with one attached hydrogen (secondary N) is 1. The first-order valence-corrected chi connectivity index (χ1v) is 10.0. The van der Waals surface area contributed by atoms with Gasteiger partial charge in [0.2, 0.25) is 5.91 Å². The average Bonchev–Trinajstić information content (AvgIpc) is 2.98. The largest absolute Gasteiger partial charge is 0.448 e. The fraction of sp³-hybridized carbons (Fsp3) is 0.667. The van der Waals surface area contributed by atoms with Crippen LogP contribution in [-0.4, -0.2) is 11.7 Å². The van der Waals surface area contributed by atoms with Crippen LogP contribution in [-0.2, 0) is 4.79 Å². The molecule has 4 heteroatoms. The Balaban J connectivity index is 1.32. The van der Waals surface area contributed by atoms with E-state index in [1.165, 1.54) is 38.5 Å². The van der Waals surface area contributed by atoms with Gasteiger partial charge >= 0.3 is 0 Å². The molecule has 4 rings (SSSR count). The Morgan fingerprint density at radius 3 is 2.52 bits per heavy atom. The summed E-state index contributed by atoms with van der Waals surface area (Å²) < 4.78 is 12.2. The van der Waals surface area contributed by atoms with Gasteiger partial charge in [0.25, 0.3) is 5.79 Å². The first-order chi connectivity index (χ1) is 12.2. The van der Waals surface area contributed by atoms with Gasteiger partial charge in [-0.2, -0.15) is 0 Å². The summed E-state index contributed by atoms with van der Waals surface area (Å²) in [4.78, 5) is 12.3. The van der Waals surface area contributed by atoms with E-state index < -0.39 is 5.79 Å². The molecule has 0 atom stereocenters. The van der Waals surface area contributed by atoms with Crippen molar-refractivity contribution < 1.29 is 14.3 Å². The number of benzene rings is 1. The number of carbonyl (C=O) groups is 1. The molecule has 2 aliphatic carbocycles. The van der Waals surface area contributed by atoms with Gasteiger partial charge in [0.05, 0.1) is 0 Å². The predicted octanol–water partition coefficient (Wildman–Crippen LogP) is 5.42. The molecule has 2 fully saturated rings. The molecule has 1 amide bonds. The average molecular weight is 343 g/mol. The smallest absolute Gasteiger partial charge is 0.251 e. The molecule has 1 spiro atoms. The third kappa shape index (κ3) is 3.94. The molecule has 1 aromatic rings. The van der Waals surface area contributed by atoms with Crippen LogP contribution in [0.5, 0.6) is 11.5 Å². The summed E-state index contributed by atoms with van der Waals surface area (Å²) in [6.07, 6.45) is 13.7. The second kappa shape index (κ2) is 7.27. The minimum atomic E-state index is -0.454. The van der Waals surface area contributed by atoms with Gasteiger partial charge in [0.1, 0.15) is 0 Å². The van der Waals surface area contributed by atoms with Gasteiger partial charge in [0.15, 0.2) is 11.5 Å². The summed E-state index contributed by atoms with van der Waals surface area (Å²) in [6, 6.07) is 5.76. The van der Waals surface area contributed by atoms with Crippen LogP contribution in [0.4, 0.5) is 5.69 Å². The lowest BCUT2D eigenvalue weighted by atomic mass is 9.86. The summed E-state index contributed by atoms with van der Waals surface area (Å²) in [6.45, 7) is 0. The van der Waals surface area contributed by atoms with Crippen molar-refractivity contribution in [1.82, 2.24) is 0 Å². The number of ether oxygens (including phenoxy) is 2. The number of amides is 1. The maximum atomic E-state index is 12.3. The maximum absolute atomic E-state index is 12.3. The molecule has 25 heavy (non-hydrogen) atoms. The lowest BCUT2D eigenvalue weighted by molar-refractivity contribution is -0.116. The van der Waals surface area contributed by atoms with Crippen molar-refractivity contribution in [1.29, 1.82) is 0 Å². The lowest BCUT2D eigenvalue weighted by Crippen LogP contribution is -2.40. The van der Waals surface area contributed by atoms with E-state index in [0.29, 0.717) is 6.42 Å². The standard InChI is InChI=1S/C21H29NO3/c23-20(12-9-16-7-3-1-4-8-16)22-17-10-11-18-19(15-17)25-21(24-18)13-5-2-6-14-21/h10-11,15-16H,1-9,12-14H2,(H,22,23). The quantitative estimate of drug-likeness (QED) is 0.794. The topological polar surface area (TPSA) is 47.6 Å². The summed E-state index contributed by atoms with van der Waals surface area (Å²) >= 11 is 0. The Morgan fingerprint density at radius 2 is 1.72 bits per heavy atom. The molecule has 1 heterocycles. The van der Waals surface area contributed by atoms with Crippen molar-refractivity contribution in [2.75, 3.05) is 5.32 Å². The SMILES string of the molecule is O=C(CCC1CCCCC1)Nc1ccc2c(c1)OC1(CCCCC1)O2. The Labute approximate surface area is 150 Å².